The molecule has 0 fully saturated rings. The number of ether oxygens (including phenoxy) is 3. The van der Waals surface area contributed by atoms with E-state index in [4.69, 9.17) is 14.2 Å². The number of methoxy groups -OCH3 is 1. The lowest BCUT2D eigenvalue weighted by Crippen LogP contribution is -2.28. The van der Waals surface area contributed by atoms with Crippen molar-refractivity contribution in [2.24, 2.45) is 0 Å². The number of hydrogen-bond donors (Lipinski definition) is 0. The van der Waals surface area contributed by atoms with Gasteiger partial charge in [-0.15, -0.1) is 0 Å². The summed E-state index contributed by atoms with van der Waals surface area (Å²) in [4.78, 5) is 18.4. The molecule has 3 aromatic rings. The maximum atomic E-state index is 12.7. The van der Waals surface area contributed by atoms with Crippen molar-refractivity contribution >= 4 is 34.2 Å². The smallest absolute Gasteiger partial charge is 0.243 e. The highest BCUT2D eigenvalue weighted by atomic mass is 127. The highest BCUT2D eigenvalue weighted by molar-refractivity contribution is 14.1. The highest BCUT2D eigenvalue weighted by Crippen LogP contribution is 2.33. The number of nitrogens with zero attached hydrogens (tertiary/aromatic N) is 2. The van der Waals surface area contributed by atoms with Crippen molar-refractivity contribution in [3.05, 3.63) is 69.9 Å². The molecule has 0 aliphatic rings. The molecule has 0 aliphatic carbocycles. The molecule has 0 radical (unpaired) electrons. The van der Waals surface area contributed by atoms with Crippen molar-refractivity contribution in [1.29, 1.82) is 0 Å². The zero-order valence-corrected chi connectivity index (χ0v) is 19.3. The maximum Gasteiger partial charge on any atom is 0.243 e. The van der Waals surface area contributed by atoms with Crippen molar-refractivity contribution in [2.75, 3.05) is 25.3 Å². The Hall–Kier alpha value is -2.88. The third-order valence-corrected chi connectivity index (χ3v) is 5.10. The monoisotopic (exact) mass is 536 g/mol. The van der Waals surface area contributed by atoms with Crippen LogP contribution in [0, 0.1) is 3.57 Å². The summed E-state index contributed by atoms with van der Waals surface area (Å²) in [6.07, 6.45) is 1.60. The first-order valence-corrected chi connectivity index (χ1v) is 10.6. The number of amides is 1. The fourth-order valence-corrected chi connectivity index (χ4v) is 3.27. The second-order valence-corrected chi connectivity index (χ2v) is 7.75. The molecule has 0 saturated carbocycles. The van der Waals surface area contributed by atoms with E-state index in [0.29, 0.717) is 34.4 Å². The van der Waals surface area contributed by atoms with Gasteiger partial charge in [-0.2, -0.15) is 0 Å². The number of aromatic nitrogens is 1. The summed E-state index contributed by atoms with van der Waals surface area (Å²) in [6, 6.07) is 16.2. The third kappa shape index (κ3) is 6.06. The average Bonchev–Trinajstić information content (AvgIpc) is 2.78. The molecule has 162 valence electrons. The minimum absolute atomic E-state index is 0.0759. The molecular weight excluding hydrogens is 514 g/mol. The van der Waals surface area contributed by atoms with Gasteiger partial charge in [-0.3, -0.25) is 4.79 Å². The number of anilines is 1. The lowest BCUT2D eigenvalue weighted by Gasteiger charge is -2.24. The van der Waals surface area contributed by atoms with E-state index in [1.165, 1.54) is 11.8 Å². The van der Waals surface area contributed by atoms with Gasteiger partial charge < -0.3 is 19.1 Å². The van der Waals surface area contributed by atoms with Crippen molar-refractivity contribution in [3.8, 4) is 23.1 Å². The van der Waals surface area contributed by atoms with Crippen LogP contribution in [0.25, 0.3) is 0 Å². The second-order valence-electron chi connectivity index (χ2n) is 6.50. The van der Waals surface area contributed by atoms with E-state index in [1.54, 1.807) is 43.6 Å². The lowest BCUT2D eigenvalue weighted by molar-refractivity contribution is -0.116. The van der Waals surface area contributed by atoms with Crippen LogP contribution in [0.5, 0.6) is 23.1 Å². The minimum Gasteiger partial charge on any atom is -0.497 e. The molecule has 0 spiro atoms. The Morgan fingerprint density at radius 1 is 1.13 bits per heavy atom. The van der Waals surface area contributed by atoms with Gasteiger partial charge in [-0.25, -0.2) is 9.37 Å². The number of pyridine rings is 1. The van der Waals surface area contributed by atoms with Crippen LogP contribution in [0.1, 0.15) is 12.5 Å². The van der Waals surface area contributed by atoms with E-state index in [1.807, 2.05) is 24.3 Å². The molecule has 6 nitrogen and oxygen atoms in total. The summed E-state index contributed by atoms with van der Waals surface area (Å²) in [5.41, 5.74) is 1.18. The van der Waals surface area contributed by atoms with Crippen LogP contribution in [0.4, 0.5) is 10.1 Å². The van der Waals surface area contributed by atoms with E-state index in [2.05, 4.69) is 27.6 Å². The van der Waals surface area contributed by atoms with Crippen LogP contribution < -0.4 is 19.1 Å². The highest BCUT2D eigenvalue weighted by Gasteiger charge is 2.20. The summed E-state index contributed by atoms with van der Waals surface area (Å²) in [6.45, 7) is 0.943. The molecule has 0 aliphatic heterocycles. The van der Waals surface area contributed by atoms with Crippen LogP contribution >= 0.6 is 22.6 Å². The van der Waals surface area contributed by atoms with Gasteiger partial charge >= 0.3 is 0 Å². The van der Waals surface area contributed by atoms with Crippen molar-refractivity contribution in [2.45, 2.75) is 13.5 Å². The van der Waals surface area contributed by atoms with Gasteiger partial charge in [0.05, 0.1) is 13.7 Å². The zero-order valence-electron chi connectivity index (χ0n) is 17.2. The maximum absolute atomic E-state index is 12.7. The SMILES string of the molecule is COc1ccc(OCCF)c(CN(C(C)=O)c2cccnc2Oc2ccc(I)cc2)c1. The zero-order chi connectivity index (χ0) is 22.2. The molecule has 0 unspecified atom stereocenters. The van der Waals surface area contributed by atoms with Crippen molar-refractivity contribution in [3.63, 3.8) is 0 Å². The van der Waals surface area contributed by atoms with Crippen molar-refractivity contribution in [1.82, 2.24) is 4.98 Å². The normalized spacial score (nSPS) is 10.5. The van der Waals surface area contributed by atoms with Gasteiger partial charge in [-0.05, 0) is 77.2 Å². The summed E-state index contributed by atoms with van der Waals surface area (Å²) in [5, 5.41) is 0. The Bertz CT molecular complexity index is 1030. The van der Waals surface area contributed by atoms with Crippen molar-refractivity contribution < 1.29 is 23.4 Å². The van der Waals surface area contributed by atoms with Gasteiger partial charge in [0, 0.05) is 22.3 Å². The Morgan fingerprint density at radius 3 is 2.55 bits per heavy atom. The Balaban J connectivity index is 1.95. The number of carbonyl (C=O) groups excluding carboxylic acids is 1. The Kier molecular flexibility index (Phi) is 8.05. The van der Waals surface area contributed by atoms with Gasteiger partial charge in [0.2, 0.25) is 11.8 Å². The predicted octanol–water partition coefficient (Wildman–Crippen LogP) is 5.39. The van der Waals surface area contributed by atoms with Crippen LogP contribution in [-0.4, -0.2) is 31.3 Å². The van der Waals surface area contributed by atoms with E-state index in [0.717, 1.165) is 3.57 Å². The molecule has 31 heavy (non-hydrogen) atoms. The van der Waals surface area contributed by atoms with Gasteiger partial charge in [0.25, 0.3) is 0 Å². The molecular formula is C23H22FIN2O4. The molecule has 1 amide bonds. The average molecular weight is 536 g/mol. The minimum atomic E-state index is -0.613. The van der Waals surface area contributed by atoms with E-state index in [-0.39, 0.29) is 19.1 Å². The van der Waals surface area contributed by atoms with Gasteiger partial charge in [0.1, 0.15) is 36.2 Å². The van der Waals surface area contributed by atoms with E-state index < -0.39 is 6.67 Å². The first-order valence-electron chi connectivity index (χ1n) is 9.54. The van der Waals surface area contributed by atoms with Crippen LogP contribution in [0.2, 0.25) is 0 Å². The quantitative estimate of drug-likeness (QED) is 0.344. The molecule has 0 bridgehead atoms. The Labute approximate surface area is 194 Å². The largest absolute Gasteiger partial charge is 0.497 e. The summed E-state index contributed by atoms with van der Waals surface area (Å²) in [7, 11) is 1.55. The van der Waals surface area contributed by atoms with Crippen LogP contribution in [-0.2, 0) is 11.3 Å². The number of hydrogen-bond acceptors (Lipinski definition) is 5. The summed E-state index contributed by atoms with van der Waals surface area (Å²) in [5.74, 6) is 1.78. The lowest BCUT2D eigenvalue weighted by atomic mass is 10.1. The molecule has 0 N–H and O–H groups in total. The van der Waals surface area contributed by atoms with E-state index >= 15 is 0 Å². The number of alkyl halides is 1. The van der Waals surface area contributed by atoms with Gasteiger partial charge in [-0.1, -0.05) is 0 Å². The number of carbonyl (C=O) groups is 1. The molecule has 1 aromatic heterocycles. The van der Waals surface area contributed by atoms with Gasteiger partial charge in [0.15, 0.2) is 0 Å². The molecule has 1 heterocycles. The fourth-order valence-electron chi connectivity index (χ4n) is 2.91. The first-order chi connectivity index (χ1) is 15.0. The third-order valence-electron chi connectivity index (χ3n) is 4.38. The fraction of sp³-hybridized carbons (Fsp3) is 0.217. The topological polar surface area (TPSA) is 60.9 Å². The number of benzene rings is 2. The second kappa shape index (κ2) is 10.9. The molecule has 2 aromatic carbocycles. The van der Waals surface area contributed by atoms with E-state index in [9.17, 15) is 9.18 Å². The standard InChI is InChI=1S/C23H22FIN2O4/c1-16(28)27(15-17-14-20(29-2)9-10-22(17)30-13-11-24)21-4-3-12-26-23(21)31-19-7-5-18(25)6-8-19/h3-10,12,14H,11,13,15H2,1-2H3. The number of halogens is 2. The number of rotatable bonds is 9. The summed E-state index contributed by atoms with van der Waals surface area (Å²) < 4.78 is 30.5. The predicted molar refractivity (Wildman–Crippen MR) is 125 cm³/mol. The molecule has 0 saturated heterocycles. The summed E-state index contributed by atoms with van der Waals surface area (Å²) >= 11 is 2.21. The molecule has 8 heteroatoms. The van der Waals surface area contributed by atoms with Crippen LogP contribution in [0.3, 0.4) is 0 Å². The molecule has 0 atom stereocenters. The van der Waals surface area contributed by atoms with Crippen LogP contribution in [0.15, 0.2) is 60.8 Å². The Morgan fingerprint density at radius 2 is 1.87 bits per heavy atom. The first kappa shape index (κ1) is 22.8. The molecule has 3 rings (SSSR count).